The first-order valence-corrected chi connectivity index (χ1v) is 9.14. The third kappa shape index (κ3) is 4.82. The predicted molar refractivity (Wildman–Crippen MR) is 100 cm³/mol. The first-order valence-electron chi connectivity index (χ1n) is 8.76. The summed E-state index contributed by atoms with van der Waals surface area (Å²) >= 11 is 6.03. The molecule has 0 bridgehead atoms. The summed E-state index contributed by atoms with van der Waals surface area (Å²) < 4.78 is 50.5. The van der Waals surface area contributed by atoms with E-state index in [0.29, 0.717) is 18.5 Å². The number of hydrogen-bond donors (Lipinski definition) is 1. The van der Waals surface area contributed by atoms with Gasteiger partial charge in [-0.15, -0.1) is 0 Å². The zero-order valence-electron chi connectivity index (χ0n) is 15.3. The molecule has 0 atom stereocenters. The average Bonchev–Trinajstić information content (AvgIpc) is 2.64. The highest BCUT2D eigenvalue weighted by atomic mass is 35.5. The van der Waals surface area contributed by atoms with Crippen LogP contribution in [-0.2, 0) is 10.9 Å². The van der Waals surface area contributed by atoms with Crippen LogP contribution in [0.4, 0.5) is 18.9 Å². The van der Waals surface area contributed by atoms with E-state index in [4.69, 9.17) is 16.3 Å². The maximum absolute atomic E-state index is 13.5. The molecule has 1 fully saturated rings. The van der Waals surface area contributed by atoms with Crippen molar-refractivity contribution in [1.29, 1.82) is 0 Å². The van der Waals surface area contributed by atoms with Crippen LogP contribution in [0.1, 0.15) is 45.5 Å². The SMILES string of the molecule is COC(=O)c1ccc(NC(=O)c2cc(Cl)c(OC3CCC3)c(C(F)(F)F)c2)cc1. The van der Waals surface area contributed by atoms with E-state index >= 15 is 0 Å². The Balaban J connectivity index is 1.84. The molecule has 9 heteroatoms. The van der Waals surface area contributed by atoms with Crippen LogP contribution >= 0.6 is 11.6 Å². The van der Waals surface area contributed by atoms with Crippen molar-refractivity contribution < 1.29 is 32.2 Å². The molecular weight excluding hydrogens is 411 g/mol. The van der Waals surface area contributed by atoms with E-state index in [1.165, 1.54) is 31.4 Å². The Kier molecular flexibility index (Phi) is 6.02. The Labute approximate surface area is 169 Å². The number of rotatable bonds is 5. The van der Waals surface area contributed by atoms with Crippen LogP contribution in [0.2, 0.25) is 5.02 Å². The lowest BCUT2D eigenvalue weighted by Crippen LogP contribution is -2.26. The number of hydrogen-bond acceptors (Lipinski definition) is 4. The van der Waals surface area contributed by atoms with E-state index < -0.39 is 29.4 Å². The van der Waals surface area contributed by atoms with Crippen LogP contribution < -0.4 is 10.1 Å². The van der Waals surface area contributed by atoms with Crippen molar-refractivity contribution in [3.8, 4) is 5.75 Å². The smallest absolute Gasteiger partial charge is 0.420 e. The average molecular weight is 428 g/mol. The van der Waals surface area contributed by atoms with Crippen molar-refractivity contribution in [2.24, 2.45) is 0 Å². The highest BCUT2D eigenvalue weighted by molar-refractivity contribution is 6.32. The van der Waals surface area contributed by atoms with Crippen molar-refractivity contribution in [3.63, 3.8) is 0 Å². The number of methoxy groups -OCH3 is 1. The summed E-state index contributed by atoms with van der Waals surface area (Å²) in [5.74, 6) is -1.78. The molecule has 0 unspecified atom stereocenters. The van der Waals surface area contributed by atoms with Gasteiger partial charge in [0.25, 0.3) is 5.91 Å². The summed E-state index contributed by atoms with van der Waals surface area (Å²) in [5, 5.41) is 2.19. The lowest BCUT2D eigenvalue weighted by atomic mass is 9.96. The van der Waals surface area contributed by atoms with Gasteiger partial charge in [0, 0.05) is 11.3 Å². The van der Waals surface area contributed by atoms with Gasteiger partial charge in [0.1, 0.15) is 0 Å². The predicted octanol–water partition coefficient (Wildman–Crippen LogP) is 5.33. The van der Waals surface area contributed by atoms with Gasteiger partial charge in [0.15, 0.2) is 5.75 Å². The summed E-state index contributed by atoms with van der Waals surface area (Å²) in [7, 11) is 1.23. The molecule has 5 nitrogen and oxygen atoms in total. The number of carbonyl (C=O) groups is 2. The van der Waals surface area contributed by atoms with Gasteiger partial charge in [-0.2, -0.15) is 13.2 Å². The number of anilines is 1. The fourth-order valence-electron chi connectivity index (χ4n) is 2.72. The third-order valence-electron chi connectivity index (χ3n) is 4.51. The molecule has 0 radical (unpaired) electrons. The van der Waals surface area contributed by atoms with Gasteiger partial charge >= 0.3 is 12.1 Å². The summed E-state index contributed by atoms with van der Waals surface area (Å²) in [6.45, 7) is 0. The molecule has 2 aromatic rings. The van der Waals surface area contributed by atoms with Gasteiger partial charge in [-0.05, 0) is 55.7 Å². The number of alkyl halides is 3. The second kappa shape index (κ2) is 8.32. The quantitative estimate of drug-likeness (QED) is 0.655. The van der Waals surface area contributed by atoms with Gasteiger partial charge in [0.2, 0.25) is 0 Å². The standard InChI is InChI=1S/C20H17ClF3NO4/c1-28-19(27)11-5-7-13(8-6-11)25-18(26)12-9-15(20(22,23)24)17(16(21)10-12)29-14-3-2-4-14/h5-10,14H,2-4H2,1H3,(H,25,26). The molecule has 1 amide bonds. The Morgan fingerprint density at radius 3 is 2.28 bits per heavy atom. The van der Waals surface area contributed by atoms with Crippen LogP contribution in [0, 0.1) is 0 Å². The minimum absolute atomic E-state index is 0.264. The van der Waals surface area contributed by atoms with Crippen molar-refractivity contribution in [2.45, 2.75) is 31.5 Å². The lowest BCUT2D eigenvalue weighted by molar-refractivity contribution is -0.139. The number of halogens is 4. The normalized spacial score (nSPS) is 14.1. The van der Waals surface area contributed by atoms with Crippen LogP contribution in [0.5, 0.6) is 5.75 Å². The number of amides is 1. The van der Waals surface area contributed by atoms with Gasteiger partial charge in [-0.3, -0.25) is 4.79 Å². The molecule has 1 aliphatic carbocycles. The largest absolute Gasteiger partial charge is 0.488 e. The van der Waals surface area contributed by atoms with Gasteiger partial charge in [-0.25, -0.2) is 4.79 Å². The molecule has 1 N–H and O–H groups in total. The molecule has 1 saturated carbocycles. The molecule has 29 heavy (non-hydrogen) atoms. The number of benzene rings is 2. The highest BCUT2D eigenvalue weighted by Gasteiger charge is 2.38. The Hall–Kier alpha value is -2.74. The van der Waals surface area contributed by atoms with E-state index in [1.807, 2.05) is 0 Å². The lowest BCUT2D eigenvalue weighted by Gasteiger charge is -2.28. The minimum Gasteiger partial charge on any atom is -0.488 e. The van der Waals surface area contributed by atoms with Crippen molar-refractivity contribution in [1.82, 2.24) is 0 Å². The van der Waals surface area contributed by atoms with Crippen LogP contribution in [0.25, 0.3) is 0 Å². The number of nitrogens with one attached hydrogen (secondary N) is 1. The van der Waals surface area contributed by atoms with E-state index in [9.17, 15) is 22.8 Å². The molecule has 0 heterocycles. The van der Waals surface area contributed by atoms with Crippen molar-refractivity contribution >= 4 is 29.2 Å². The minimum atomic E-state index is -4.73. The highest BCUT2D eigenvalue weighted by Crippen LogP contribution is 2.43. The van der Waals surface area contributed by atoms with Crippen LogP contribution in [-0.4, -0.2) is 25.1 Å². The van der Waals surface area contributed by atoms with Gasteiger partial charge in [-0.1, -0.05) is 11.6 Å². The molecule has 2 aromatic carbocycles. The Morgan fingerprint density at radius 2 is 1.76 bits per heavy atom. The maximum atomic E-state index is 13.5. The van der Waals surface area contributed by atoms with E-state index in [2.05, 4.69) is 10.1 Å². The monoisotopic (exact) mass is 427 g/mol. The van der Waals surface area contributed by atoms with Gasteiger partial charge in [0.05, 0.1) is 29.4 Å². The second-order valence-electron chi connectivity index (χ2n) is 6.53. The van der Waals surface area contributed by atoms with E-state index in [-0.39, 0.29) is 22.3 Å². The van der Waals surface area contributed by atoms with Crippen molar-refractivity contribution in [2.75, 3.05) is 12.4 Å². The fraction of sp³-hybridized carbons (Fsp3) is 0.300. The summed E-state index contributed by atoms with van der Waals surface area (Å²) in [5.41, 5.74) is -0.795. The topological polar surface area (TPSA) is 64.6 Å². The number of esters is 1. The zero-order chi connectivity index (χ0) is 21.2. The molecule has 0 aromatic heterocycles. The summed E-state index contributed by atoms with van der Waals surface area (Å²) in [4.78, 5) is 23.9. The Morgan fingerprint density at radius 1 is 1.10 bits per heavy atom. The Bertz CT molecular complexity index is 925. The van der Waals surface area contributed by atoms with Crippen LogP contribution in [0.3, 0.4) is 0 Å². The number of carbonyl (C=O) groups excluding carboxylic acids is 2. The fourth-order valence-corrected chi connectivity index (χ4v) is 2.98. The molecule has 1 aliphatic rings. The summed E-state index contributed by atoms with van der Waals surface area (Å²) in [6.07, 6.45) is -2.82. The van der Waals surface area contributed by atoms with E-state index in [1.54, 1.807) is 0 Å². The molecule has 0 aliphatic heterocycles. The zero-order valence-corrected chi connectivity index (χ0v) is 16.1. The molecule has 154 valence electrons. The molecular formula is C20H17ClF3NO4. The molecule has 0 saturated heterocycles. The molecule has 3 rings (SSSR count). The molecule has 0 spiro atoms. The number of ether oxygens (including phenoxy) is 2. The first-order chi connectivity index (χ1) is 13.7. The van der Waals surface area contributed by atoms with E-state index in [0.717, 1.165) is 18.6 Å². The van der Waals surface area contributed by atoms with Crippen molar-refractivity contribution in [3.05, 3.63) is 58.1 Å². The maximum Gasteiger partial charge on any atom is 0.420 e. The van der Waals surface area contributed by atoms with Gasteiger partial charge < -0.3 is 14.8 Å². The summed E-state index contributed by atoms with van der Waals surface area (Å²) in [6, 6.07) is 7.58. The second-order valence-corrected chi connectivity index (χ2v) is 6.93. The van der Waals surface area contributed by atoms with Crippen LogP contribution in [0.15, 0.2) is 36.4 Å². The first kappa shape index (κ1) is 21.0. The third-order valence-corrected chi connectivity index (χ3v) is 4.79.